The molecule has 216 valence electrons. The Hall–Kier alpha value is -4.23. The van der Waals surface area contributed by atoms with Crippen LogP contribution in [0.25, 0.3) is 22.0 Å². The quantitative estimate of drug-likeness (QED) is 0.283. The third-order valence-corrected chi connectivity index (χ3v) is 8.16. The number of anilines is 1. The Morgan fingerprint density at radius 1 is 1.12 bits per heavy atom. The Labute approximate surface area is 234 Å². The molecule has 0 bridgehead atoms. The number of aromatic nitrogens is 2. The lowest BCUT2D eigenvalue weighted by Gasteiger charge is -2.24. The lowest BCUT2D eigenvalue weighted by Crippen LogP contribution is -2.39. The van der Waals surface area contributed by atoms with Gasteiger partial charge in [-0.3, -0.25) is 14.3 Å². The molecular weight excluding hydrogens is 558 g/mol. The van der Waals surface area contributed by atoms with E-state index < -0.39 is 27.6 Å². The molecule has 1 saturated heterocycles. The summed E-state index contributed by atoms with van der Waals surface area (Å²) in [5, 5.41) is 3.39. The Morgan fingerprint density at radius 2 is 1.88 bits per heavy atom. The molecule has 13 heteroatoms. The van der Waals surface area contributed by atoms with E-state index in [1.54, 1.807) is 19.3 Å². The SMILES string of the molecule is CCS(=O)(=O)Nc1cc(-c2cn(C)c(=O)c3[nH]ccc23)c(Oc2ccc(F)cc2F)cc1C(=O)NC1CCOCC1. The summed E-state index contributed by atoms with van der Waals surface area (Å²) >= 11 is 0. The first-order chi connectivity index (χ1) is 19.6. The monoisotopic (exact) mass is 586 g/mol. The molecule has 0 unspecified atom stereocenters. The van der Waals surface area contributed by atoms with Gasteiger partial charge in [0.25, 0.3) is 11.5 Å². The zero-order chi connectivity index (χ0) is 29.3. The van der Waals surface area contributed by atoms with Gasteiger partial charge in [0, 0.05) is 61.3 Å². The maximum absolute atomic E-state index is 14.7. The van der Waals surface area contributed by atoms with E-state index in [0.717, 1.165) is 12.1 Å². The van der Waals surface area contributed by atoms with Crippen molar-refractivity contribution >= 4 is 32.5 Å². The van der Waals surface area contributed by atoms with Gasteiger partial charge in [0.1, 0.15) is 17.1 Å². The third-order valence-electron chi connectivity index (χ3n) is 6.86. The Bertz CT molecular complexity index is 1800. The minimum atomic E-state index is -3.84. The van der Waals surface area contributed by atoms with Crippen molar-refractivity contribution in [3.05, 3.63) is 76.3 Å². The predicted molar refractivity (Wildman–Crippen MR) is 150 cm³/mol. The number of aromatic amines is 1. The zero-order valence-electron chi connectivity index (χ0n) is 22.3. The molecule has 1 aliphatic heterocycles. The van der Waals surface area contributed by atoms with Crippen LogP contribution in [0, 0.1) is 11.6 Å². The number of halogens is 2. The van der Waals surface area contributed by atoms with Gasteiger partial charge >= 0.3 is 0 Å². The second-order valence-corrected chi connectivity index (χ2v) is 11.7. The number of H-pyrrole nitrogens is 1. The van der Waals surface area contributed by atoms with Crippen LogP contribution >= 0.6 is 0 Å². The van der Waals surface area contributed by atoms with Crippen molar-refractivity contribution in [2.45, 2.75) is 25.8 Å². The lowest BCUT2D eigenvalue weighted by atomic mass is 9.98. The van der Waals surface area contributed by atoms with Gasteiger partial charge in [-0.15, -0.1) is 0 Å². The molecule has 0 saturated carbocycles. The molecule has 1 aliphatic rings. The largest absolute Gasteiger partial charge is 0.454 e. The standard InChI is InChI=1S/C28H28F2N4O6S/c1-3-41(37,38)33-23-13-19(21-15-34(2)28(36)26-18(21)6-9-31-26)25(40-24-5-4-16(29)12-22(24)30)14-20(23)27(35)32-17-7-10-39-11-8-17/h4-6,9,12-15,17,31,33H,3,7-8,10-11H2,1-2H3,(H,32,35). The maximum atomic E-state index is 14.7. The van der Waals surface area contributed by atoms with E-state index in [4.69, 9.17) is 9.47 Å². The Balaban J connectivity index is 1.73. The smallest absolute Gasteiger partial charge is 0.274 e. The van der Waals surface area contributed by atoms with Crippen molar-refractivity contribution in [1.29, 1.82) is 0 Å². The molecule has 0 aliphatic carbocycles. The molecule has 10 nitrogen and oxygen atoms in total. The van der Waals surface area contributed by atoms with Crippen LogP contribution in [0.3, 0.4) is 0 Å². The Kier molecular flexibility index (Phi) is 7.82. The summed E-state index contributed by atoms with van der Waals surface area (Å²) in [5.74, 6) is -2.96. The van der Waals surface area contributed by atoms with E-state index in [9.17, 15) is 26.8 Å². The summed E-state index contributed by atoms with van der Waals surface area (Å²) in [6, 6.07) is 6.98. The second-order valence-electron chi connectivity index (χ2n) is 9.66. The van der Waals surface area contributed by atoms with Crippen LogP contribution in [0.1, 0.15) is 30.1 Å². The number of hydrogen-bond acceptors (Lipinski definition) is 6. The van der Waals surface area contributed by atoms with Crippen molar-refractivity contribution < 1.29 is 31.5 Å². The summed E-state index contributed by atoms with van der Waals surface area (Å²) < 4.78 is 68.8. The summed E-state index contributed by atoms with van der Waals surface area (Å²) in [6.45, 7) is 2.39. The van der Waals surface area contributed by atoms with E-state index in [0.29, 0.717) is 43.1 Å². The molecule has 4 aromatic rings. The lowest BCUT2D eigenvalue weighted by molar-refractivity contribution is 0.0697. The number of aryl methyl sites for hydroxylation is 1. The molecule has 1 amide bonds. The number of ether oxygens (including phenoxy) is 2. The molecule has 2 aromatic carbocycles. The fourth-order valence-corrected chi connectivity index (χ4v) is 5.30. The van der Waals surface area contributed by atoms with Crippen LogP contribution in [-0.2, 0) is 21.8 Å². The summed E-state index contributed by atoms with van der Waals surface area (Å²) in [7, 11) is -2.30. The molecule has 3 heterocycles. The van der Waals surface area contributed by atoms with Gasteiger partial charge in [-0.1, -0.05) is 0 Å². The number of fused-ring (bicyclic) bond motifs is 1. The van der Waals surface area contributed by atoms with E-state index in [-0.39, 0.29) is 51.2 Å². The van der Waals surface area contributed by atoms with Crippen LogP contribution < -0.4 is 20.3 Å². The Morgan fingerprint density at radius 3 is 2.59 bits per heavy atom. The number of rotatable bonds is 8. The fraction of sp³-hybridized carbons (Fsp3) is 0.286. The third kappa shape index (κ3) is 5.95. The number of carbonyl (C=O) groups is 1. The minimum Gasteiger partial charge on any atom is -0.454 e. The highest BCUT2D eigenvalue weighted by Gasteiger charge is 2.25. The van der Waals surface area contributed by atoms with Gasteiger partial charge < -0.3 is 24.3 Å². The van der Waals surface area contributed by atoms with Gasteiger partial charge in [-0.25, -0.2) is 17.2 Å². The number of nitrogens with zero attached hydrogens (tertiary/aromatic N) is 1. The first-order valence-corrected chi connectivity index (χ1v) is 14.6. The normalized spacial score (nSPS) is 14.2. The number of nitrogens with one attached hydrogen (secondary N) is 3. The van der Waals surface area contributed by atoms with Crippen molar-refractivity contribution in [2.24, 2.45) is 7.05 Å². The van der Waals surface area contributed by atoms with Gasteiger partial charge in [-0.05, 0) is 50.1 Å². The molecule has 0 radical (unpaired) electrons. The fourth-order valence-electron chi connectivity index (χ4n) is 4.65. The van der Waals surface area contributed by atoms with Crippen LogP contribution in [0.4, 0.5) is 14.5 Å². The topological polar surface area (TPSA) is 132 Å². The van der Waals surface area contributed by atoms with Crippen molar-refractivity contribution in [3.63, 3.8) is 0 Å². The van der Waals surface area contributed by atoms with E-state index >= 15 is 0 Å². The summed E-state index contributed by atoms with van der Waals surface area (Å²) in [4.78, 5) is 29.1. The minimum absolute atomic E-state index is 0.0202. The average molecular weight is 587 g/mol. The number of sulfonamides is 1. The van der Waals surface area contributed by atoms with Crippen LogP contribution in [0.15, 0.2) is 53.6 Å². The number of benzene rings is 2. The van der Waals surface area contributed by atoms with Crippen LogP contribution in [-0.4, -0.2) is 48.9 Å². The maximum Gasteiger partial charge on any atom is 0.274 e. The second kappa shape index (κ2) is 11.3. The molecule has 1 fully saturated rings. The molecule has 0 spiro atoms. The first-order valence-electron chi connectivity index (χ1n) is 12.9. The molecule has 41 heavy (non-hydrogen) atoms. The van der Waals surface area contributed by atoms with Gasteiger partial charge in [0.15, 0.2) is 11.6 Å². The van der Waals surface area contributed by atoms with E-state index in [1.807, 2.05) is 0 Å². The molecule has 3 N–H and O–H groups in total. The van der Waals surface area contributed by atoms with E-state index in [1.165, 1.54) is 29.8 Å². The summed E-state index contributed by atoms with van der Waals surface area (Å²) in [5.41, 5.74) is 0.571. The molecule has 0 atom stereocenters. The van der Waals surface area contributed by atoms with E-state index in [2.05, 4.69) is 15.0 Å². The number of pyridine rings is 1. The highest BCUT2D eigenvalue weighted by Crippen LogP contribution is 2.41. The van der Waals surface area contributed by atoms with Gasteiger partial charge in [0.2, 0.25) is 10.0 Å². The predicted octanol–water partition coefficient (Wildman–Crippen LogP) is 4.27. The van der Waals surface area contributed by atoms with Crippen molar-refractivity contribution in [3.8, 4) is 22.6 Å². The molecule has 2 aromatic heterocycles. The first kappa shape index (κ1) is 28.3. The van der Waals surface area contributed by atoms with Gasteiger partial charge in [0.05, 0.1) is 17.0 Å². The number of amides is 1. The van der Waals surface area contributed by atoms with Gasteiger partial charge in [-0.2, -0.15) is 0 Å². The van der Waals surface area contributed by atoms with Crippen molar-refractivity contribution in [2.75, 3.05) is 23.7 Å². The highest BCUT2D eigenvalue weighted by atomic mass is 32.2. The molecule has 5 rings (SSSR count). The average Bonchev–Trinajstić information content (AvgIpc) is 3.44. The molecular formula is C28H28F2N4O6S. The summed E-state index contributed by atoms with van der Waals surface area (Å²) in [6.07, 6.45) is 4.26. The number of carbonyl (C=O) groups excluding carboxylic acids is 1. The van der Waals surface area contributed by atoms with Crippen molar-refractivity contribution in [1.82, 2.24) is 14.9 Å². The number of hydrogen-bond donors (Lipinski definition) is 3. The highest BCUT2D eigenvalue weighted by molar-refractivity contribution is 7.92. The zero-order valence-corrected chi connectivity index (χ0v) is 23.1. The van der Waals surface area contributed by atoms with Crippen LogP contribution in [0.5, 0.6) is 11.5 Å². The van der Waals surface area contributed by atoms with Crippen LogP contribution in [0.2, 0.25) is 0 Å².